The summed E-state index contributed by atoms with van der Waals surface area (Å²) in [6, 6.07) is 16.6. The van der Waals surface area contributed by atoms with Gasteiger partial charge in [0.25, 0.3) is 0 Å². The van der Waals surface area contributed by atoms with Crippen LogP contribution in [0.25, 0.3) is 34.3 Å². The smallest absolute Gasteiger partial charge is 0.0995 e. The predicted molar refractivity (Wildman–Crippen MR) is 133 cm³/mol. The summed E-state index contributed by atoms with van der Waals surface area (Å²) >= 11 is 3.54. The molecule has 0 atom stereocenters. The van der Waals surface area contributed by atoms with Crippen LogP contribution in [0.15, 0.2) is 71.6 Å². The second-order valence-corrected chi connectivity index (χ2v) is 9.13. The fourth-order valence-corrected chi connectivity index (χ4v) is 4.38. The Morgan fingerprint density at radius 2 is 1.56 bits per heavy atom. The molecule has 1 aliphatic rings. The second-order valence-electron chi connectivity index (χ2n) is 8.22. The highest BCUT2D eigenvalue weighted by atomic mass is 79.9. The van der Waals surface area contributed by atoms with Gasteiger partial charge in [0.2, 0.25) is 0 Å². The van der Waals surface area contributed by atoms with Gasteiger partial charge in [-0.25, -0.2) is 0 Å². The largest absolute Gasteiger partial charge is 0.309 e. The van der Waals surface area contributed by atoms with Crippen LogP contribution in [0.4, 0.5) is 0 Å². The molecule has 4 aromatic rings. The molecule has 0 spiro atoms. The standard InChI is InChI=1S/C26H24BrN5/c1-31(2)14-5-15-32-17-19(24(30-32)18-8-10-20(27)11-9-18)16-23-21-6-3-12-28-25(21)26-22(23)7-4-13-29-26/h3-4,6-13,16-17H,5,14-15H2,1-2H3. The third-order valence-corrected chi connectivity index (χ3v) is 6.15. The average Bonchev–Trinajstić information content (AvgIpc) is 3.34. The lowest BCUT2D eigenvalue weighted by molar-refractivity contribution is 0.381. The van der Waals surface area contributed by atoms with E-state index >= 15 is 0 Å². The number of hydrogen-bond acceptors (Lipinski definition) is 4. The molecular formula is C26H24BrN5. The van der Waals surface area contributed by atoms with E-state index in [0.29, 0.717) is 0 Å². The molecule has 0 aliphatic heterocycles. The molecule has 1 aliphatic carbocycles. The van der Waals surface area contributed by atoms with Crippen molar-refractivity contribution in [2.75, 3.05) is 20.6 Å². The number of benzene rings is 1. The Hall–Kier alpha value is -3.09. The molecule has 5 rings (SSSR count). The third-order valence-electron chi connectivity index (χ3n) is 5.62. The van der Waals surface area contributed by atoms with Crippen molar-refractivity contribution in [1.29, 1.82) is 0 Å². The molecule has 1 aromatic carbocycles. The van der Waals surface area contributed by atoms with E-state index in [9.17, 15) is 0 Å². The topological polar surface area (TPSA) is 46.8 Å². The maximum Gasteiger partial charge on any atom is 0.0995 e. The number of pyridine rings is 2. The fourth-order valence-electron chi connectivity index (χ4n) is 4.12. The second kappa shape index (κ2) is 8.81. The van der Waals surface area contributed by atoms with Crippen molar-refractivity contribution in [3.63, 3.8) is 0 Å². The molecule has 0 N–H and O–H groups in total. The number of aryl methyl sites for hydroxylation is 1. The maximum atomic E-state index is 4.97. The van der Waals surface area contributed by atoms with E-state index < -0.39 is 0 Å². The van der Waals surface area contributed by atoms with Gasteiger partial charge in [-0.15, -0.1) is 0 Å². The maximum absolute atomic E-state index is 4.97. The normalized spacial score (nSPS) is 12.2. The van der Waals surface area contributed by atoms with Crippen LogP contribution in [0, 0.1) is 0 Å². The van der Waals surface area contributed by atoms with Gasteiger partial charge in [0.05, 0.1) is 17.1 Å². The van der Waals surface area contributed by atoms with Gasteiger partial charge in [-0.05, 0) is 63.0 Å². The zero-order valence-corrected chi connectivity index (χ0v) is 19.7. The number of fused-ring (bicyclic) bond motifs is 3. The molecule has 160 valence electrons. The first kappa shape index (κ1) is 20.8. The zero-order valence-electron chi connectivity index (χ0n) is 18.2. The molecule has 0 saturated heterocycles. The van der Waals surface area contributed by atoms with E-state index in [1.165, 1.54) is 0 Å². The number of aromatic nitrogens is 4. The van der Waals surface area contributed by atoms with Crippen LogP contribution in [0.1, 0.15) is 23.1 Å². The molecule has 0 amide bonds. The molecular weight excluding hydrogens is 462 g/mol. The summed E-state index contributed by atoms with van der Waals surface area (Å²) in [6.07, 6.45) is 9.10. The third kappa shape index (κ3) is 4.04. The van der Waals surface area contributed by atoms with E-state index in [1.807, 2.05) is 24.5 Å². The molecule has 5 nitrogen and oxygen atoms in total. The van der Waals surface area contributed by atoms with Crippen LogP contribution in [0.2, 0.25) is 0 Å². The first-order valence-electron chi connectivity index (χ1n) is 10.7. The van der Waals surface area contributed by atoms with Crippen molar-refractivity contribution in [2.45, 2.75) is 13.0 Å². The van der Waals surface area contributed by atoms with Crippen LogP contribution in [0.3, 0.4) is 0 Å². The predicted octanol–water partition coefficient (Wildman–Crippen LogP) is 5.62. The summed E-state index contributed by atoms with van der Waals surface area (Å²) in [6.45, 7) is 1.91. The van der Waals surface area contributed by atoms with E-state index in [2.05, 4.69) is 98.2 Å². The van der Waals surface area contributed by atoms with Crippen LogP contribution in [0.5, 0.6) is 0 Å². The molecule has 0 bridgehead atoms. The Morgan fingerprint density at radius 1 is 0.906 bits per heavy atom. The summed E-state index contributed by atoms with van der Waals surface area (Å²) in [4.78, 5) is 11.4. The van der Waals surface area contributed by atoms with Gasteiger partial charge in [0.1, 0.15) is 0 Å². The van der Waals surface area contributed by atoms with Gasteiger partial charge in [-0.2, -0.15) is 5.10 Å². The Labute approximate surface area is 196 Å². The molecule has 0 saturated carbocycles. The van der Waals surface area contributed by atoms with Crippen molar-refractivity contribution < 1.29 is 0 Å². The van der Waals surface area contributed by atoms with Crippen molar-refractivity contribution in [2.24, 2.45) is 0 Å². The molecule has 0 radical (unpaired) electrons. The lowest BCUT2D eigenvalue weighted by Gasteiger charge is -2.08. The van der Waals surface area contributed by atoms with Crippen LogP contribution >= 0.6 is 15.9 Å². The van der Waals surface area contributed by atoms with Gasteiger partial charge in [0, 0.05) is 51.9 Å². The van der Waals surface area contributed by atoms with Gasteiger partial charge >= 0.3 is 0 Å². The number of rotatable bonds is 6. The highest BCUT2D eigenvalue weighted by Gasteiger charge is 2.26. The zero-order chi connectivity index (χ0) is 22.1. The van der Waals surface area contributed by atoms with Crippen LogP contribution in [-0.2, 0) is 6.54 Å². The summed E-state index contributed by atoms with van der Waals surface area (Å²) in [5.41, 5.74) is 8.43. The minimum absolute atomic E-state index is 0.876. The van der Waals surface area contributed by atoms with Gasteiger partial charge in [0.15, 0.2) is 0 Å². The lowest BCUT2D eigenvalue weighted by Crippen LogP contribution is -2.15. The molecule has 0 fully saturated rings. The first-order valence-corrected chi connectivity index (χ1v) is 11.5. The van der Waals surface area contributed by atoms with Crippen molar-refractivity contribution in [1.82, 2.24) is 24.6 Å². The molecule has 6 heteroatoms. The average molecular weight is 486 g/mol. The van der Waals surface area contributed by atoms with Gasteiger partial charge in [-0.1, -0.05) is 40.2 Å². The highest BCUT2D eigenvalue weighted by Crippen LogP contribution is 2.43. The van der Waals surface area contributed by atoms with E-state index in [1.54, 1.807) is 0 Å². The minimum Gasteiger partial charge on any atom is -0.309 e. The number of halogens is 1. The summed E-state index contributed by atoms with van der Waals surface area (Å²) in [5, 5.41) is 4.97. The Bertz CT molecular complexity index is 1240. The molecule has 0 unspecified atom stereocenters. The number of hydrogen-bond donors (Lipinski definition) is 0. The van der Waals surface area contributed by atoms with E-state index in [-0.39, 0.29) is 0 Å². The van der Waals surface area contributed by atoms with Crippen molar-refractivity contribution in [3.8, 4) is 22.6 Å². The first-order chi connectivity index (χ1) is 15.6. The van der Waals surface area contributed by atoms with Crippen molar-refractivity contribution >= 4 is 27.6 Å². The summed E-state index contributed by atoms with van der Waals surface area (Å²) < 4.78 is 3.12. The summed E-state index contributed by atoms with van der Waals surface area (Å²) in [7, 11) is 4.20. The van der Waals surface area contributed by atoms with E-state index in [0.717, 1.165) is 68.9 Å². The highest BCUT2D eigenvalue weighted by molar-refractivity contribution is 9.10. The fraction of sp³-hybridized carbons (Fsp3) is 0.192. The monoisotopic (exact) mass is 485 g/mol. The Kier molecular flexibility index (Phi) is 5.72. The van der Waals surface area contributed by atoms with Gasteiger partial charge in [-0.3, -0.25) is 14.6 Å². The molecule has 32 heavy (non-hydrogen) atoms. The number of nitrogens with zero attached hydrogens (tertiary/aromatic N) is 5. The van der Waals surface area contributed by atoms with Gasteiger partial charge < -0.3 is 4.90 Å². The lowest BCUT2D eigenvalue weighted by atomic mass is 10.0. The quantitative estimate of drug-likeness (QED) is 0.313. The molecule has 3 heterocycles. The minimum atomic E-state index is 0.876. The Morgan fingerprint density at radius 3 is 2.19 bits per heavy atom. The summed E-state index contributed by atoms with van der Waals surface area (Å²) in [5.74, 6) is 0. The van der Waals surface area contributed by atoms with Crippen LogP contribution in [-0.4, -0.2) is 45.3 Å². The van der Waals surface area contributed by atoms with Crippen LogP contribution < -0.4 is 0 Å². The Balaban J connectivity index is 1.61. The van der Waals surface area contributed by atoms with Crippen molar-refractivity contribution in [3.05, 3.63) is 88.3 Å². The molecule has 3 aromatic heterocycles. The SMILES string of the molecule is CN(C)CCCn1cc(C=C2c3cccnc3-c3ncccc32)c(-c2ccc(Br)cc2)n1. The van der Waals surface area contributed by atoms with E-state index in [4.69, 9.17) is 5.10 Å².